The maximum absolute atomic E-state index is 12.9. The molecule has 0 aliphatic rings. The topological polar surface area (TPSA) is 74.6 Å². The Morgan fingerprint density at radius 1 is 1.19 bits per heavy atom. The van der Waals surface area contributed by atoms with Crippen LogP contribution >= 0.6 is 0 Å². The fourth-order valence-corrected chi connectivity index (χ4v) is 1.56. The molecule has 0 radical (unpaired) electrons. The maximum Gasteiger partial charge on any atom is 0.417 e. The summed E-state index contributed by atoms with van der Waals surface area (Å²) in [6.45, 7) is 1.55. The minimum absolute atomic E-state index is 0.105. The number of hydrogen-bond acceptors (Lipinski definition) is 3. The second-order valence-corrected chi connectivity index (χ2v) is 4.00. The molecule has 0 aliphatic carbocycles. The molecule has 0 unspecified atom stereocenters. The highest BCUT2D eigenvalue weighted by molar-refractivity contribution is 6.38. The van der Waals surface area contributed by atoms with Crippen LogP contribution in [-0.2, 0) is 15.8 Å². The van der Waals surface area contributed by atoms with Crippen molar-refractivity contribution in [1.29, 1.82) is 0 Å². The molecule has 0 bridgehead atoms. The van der Waals surface area contributed by atoms with Crippen LogP contribution in [0.5, 0.6) is 0 Å². The molecule has 0 fully saturated rings. The molecule has 0 heterocycles. The van der Waals surface area contributed by atoms with Gasteiger partial charge in [-0.25, -0.2) is 4.79 Å². The van der Waals surface area contributed by atoms with E-state index in [9.17, 15) is 27.9 Å². The van der Waals surface area contributed by atoms with E-state index in [4.69, 9.17) is 5.11 Å². The van der Waals surface area contributed by atoms with Gasteiger partial charge in [-0.3, -0.25) is 4.79 Å². The first-order chi connectivity index (χ1) is 9.66. The van der Waals surface area contributed by atoms with Crippen molar-refractivity contribution in [3.8, 4) is 0 Å². The summed E-state index contributed by atoms with van der Waals surface area (Å²) in [5, 5.41) is 17.9. The first kappa shape index (κ1) is 16.5. The summed E-state index contributed by atoms with van der Waals surface area (Å²) >= 11 is 0. The van der Waals surface area contributed by atoms with Crippen LogP contribution in [0.3, 0.4) is 0 Å². The predicted octanol–water partition coefficient (Wildman–Crippen LogP) is 3.29. The Labute approximate surface area is 117 Å². The smallest absolute Gasteiger partial charge is 0.417 e. The number of carbonyl (C=O) groups excluding carboxylic acids is 1. The third-order valence-electron chi connectivity index (χ3n) is 2.48. The number of halogens is 3. The second-order valence-electron chi connectivity index (χ2n) is 4.00. The third kappa shape index (κ3) is 4.20. The van der Waals surface area contributed by atoms with Crippen molar-refractivity contribution in [1.82, 2.24) is 0 Å². The summed E-state index contributed by atoms with van der Waals surface area (Å²) in [6, 6.07) is 2.93. The Balaban J connectivity index is 3.35. The number of carboxylic acid groups (broad SMARTS) is 1. The van der Waals surface area contributed by atoms with Gasteiger partial charge < -0.3 is 10.2 Å². The minimum atomic E-state index is -4.65. The van der Waals surface area contributed by atoms with Crippen molar-refractivity contribution in [2.45, 2.75) is 13.1 Å². The number of carbonyl (C=O) groups is 2. The standard InChI is InChI=1S/C14H11F3O4/c1-2-3-8-4-5-9(6-10(8)14(15,16)17)11(18)7-12(19)13(20)21/h2-7,18H,1H3,(H,20,21)/b3-2-,11-7?. The molecule has 0 aromatic heterocycles. The highest BCUT2D eigenvalue weighted by Crippen LogP contribution is 2.34. The molecule has 1 rings (SSSR count). The molecule has 0 spiro atoms. The van der Waals surface area contributed by atoms with Gasteiger partial charge >= 0.3 is 12.1 Å². The van der Waals surface area contributed by atoms with Gasteiger partial charge in [0.05, 0.1) is 5.56 Å². The number of aliphatic hydroxyl groups excluding tert-OH is 1. The number of alkyl halides is 3. The SMILES string of the molecule is C/C=C\c1ccc(C(O)=CC(=O)C(=O)O)cc1C(F)(F)F. The normalized spacial score (nSPS) is 12.7. The minimum Gasteiger partial charge on any atom is -0.507 e. The fourth-order valence-electron chi connectivity index (χ4n) is 1.56. The molecule has 112 valence electrons. The highest BCUT2D eigenvalue weighted by Gasteiger charge is 2.33. The van der Waals surface area contributed by atoms with E-state index in [-0.39, 0.29) is 11.1 Å². The number of rotatable bonds is 4. The summed E-state index contributed by atoms with van der Waals surface area (Å²) < 4.78 is 38.7. The van der Waals surface area contributed by atoms with Crippen molar-refractivity contribution < 1.29 is 33.0 Å². The second kappa shape index (κ2) is 6.25. The van der Waals surface area contributed by atoms with Gasteiger partial charge in [-0.15, -0.1) is 0 Å². The van der Waals surface area contributed by atoms with E-state index in [1.807, 2.05) is 0 Å². The van der Waals surface area contributed by atoms with Crippen LogP contribution in [0, 0.1) is 0 Å². The lowest BCUT2D eigenvalue weighted by atomic mass is 10.0. The molecule has 0 aliphatic heterocycles. The van der Waals surface area contributed by atoms with Gasteiger partial charge in [0.15, 0.2) is 0 Å². The van der Waals surface area contributed by atoms with Crippen molar-refractivity contribution in [2.75, 3.05) is 0 Å². The van der Waals surface area contributed by atoms with Crippen molar-refractivity contribution in [3.05, 3.63) is 47.0 Å². The molecule has 7 heteroatoms. The molecule has 0 atom stereocenters. The lowest BCUT2D eigenvalue weighted by Crippen LogP contribution is -2.10. The van der Waals surface area contributed by atoms with Crippen LogP contribution in [0.1, 0.15) is 23.6 Å². The van der Waals surface area contributed by atoms with E-state index >= 15 is 0 Å². The first-order valence-electron chi connectivity index (χ1n) is 5.69. The Hall–Kier alpha value is -2.57. The summed E-state index contributed by atoms with van der Waals surface area (Å²) in [4.78, 5) is 21.2. The van der Waals surface area contributed by atoms with Crippen LogP contribution in [0.25, 0.3) is 11.8 Å². The number of aliphatic hydroxyl groups is 1. The molecule has 21 heavy (non-hydrogen) atoms. The van der Waals surface area contributed by atoms with Gasteiger partial charge in [0, 0.05) is 11.6 Å². The number of aliphatic carboxylic acids is 1. The molecule has 1 aromatic rings. The Morgan fingerprint density at radius 2 is 1.81 bits per heavy atom. The van der Waals surface area contributed by atoms with E-state index in [1.165, 1.54) is 12.2 Å². The Kier molecular flexibility index (Phi) is 4.91. The van der Waals surface area contributed by atoms with Crippen molar-refractivity contribution in [3.63, 3.8) is 0 Å². The number of benzene rings is 1. The molecule has 4 nitrogen and oxygen atoms in total. The highest BCUT2D eigenvalue weighted by atomic mass is 19.4. The zero-order valence-corrected chi connectivity index (χ0v) is 10.8. The average molecular weight is 300 g/mol. The number of ketones is 1. The molecule has 0 amide bonds. The molecule has 0 saturated carbocycles. The van der Waals surface area contributed by atoms with E-state index < -0.39 is 29.3 Å². The first-order valence-corrected chi connectivity index (χ1v) is 5.69. The van der Waals surface area contributed by atoms with Crippen molar-refractivity contribution >= 4 is 23.6 Å². The van der Waals surface area contributed by atoms with E-state index in [1.54, 1.807) is 6.92 Å². The van der Waals surface area contributed by atoms with E-state index in [0.717, 1.165) is 12.1 Å². The molecule has 0 saturated heterocycles. The Morgan fingerprint density at radius 3 is 2.29 bits per heavy atom. The lowest BCUT2D eigenvalue weighted by Gasteiger charge is -2.12. The van der Waals surface area contributed by atoms with Crippen LogP contribution in [0.2, 0.25) is 0 Å². The quantitative estimate of drug-likeness (QED) is 0.508. The lowest BCUT2D eigenvalue weighted by molar-refractivity contribution is -0.146. The largest absolute Gasteiger partial charge is 0.507 e. The summed E-state index contributed by atoms with van der Waals surface area (Å²) in [7, 11) is 0. The van der Waals surface area contributed by atoms with Crippen LogP contribution in [0.4, 0.5) is 13.2 Å². The van der Waals surface area contributed by atoms with Crippen LogP contribution < -0.4 is 0 Å². The van der Waals surface area contributed by atoms with Gasteiger partial charge in [-0.2, -0.15) is 13.2 Å². The van der Waals surface area contributed by atoms with Crippen LogP contribution in [0.15, 0.2) is 30.4 Å². The zero-order valence-electron chi connectivity index (χ0n) is 10.8. The van der Waals surface area contributed by atoms with E-state index in [0.29, 0.717) is 12.1 Å². The van der Waals surface area contributed by atoms with Gasteiger partial charge in [-0.1, -0.05) is 24.3 Å². The Bertz CT molecular complexity index is 628. The summed E-state index contributed by atoms with van der Waals surface area (Å²) in [5.74, 6) is -4.10. The van der Waals surface area contributed by atoms with Gasteiger partial charge in [-0.05, 0) is 18.6 Å². The monoisotopic (exact) mass is 300 g/mol. The predicted molar refractivity (Wildman–Crippen MR) is 69.4 cm³/mol. The molecular formula is C14H11F3O4. The number of allylic oxidation sites excluding steroid dienone is 1. The zero-order chi connectivity index (χ0) is 16.2. The molecule has 1 aromatic carbocycles. The summed E-state index contributed by atoms with van der Waals surface area (Å²) in [5.41, 5.74) is -1.41. The number of carboxylic acids is 1. The van der Waals surface area contributed by atoms with Crippen molar-refractivity contribution in [2.24, 2.45) is 0 Å². The average Bonchev–Trinajstić information content (AvgIpc) is 2.37. The third-order valence-corrected chi connectivity index (χ3v) is 2.48. The number of hydrogen-bond donors (Lipinski definition) is 2. The summed E-state index contributed by atoms with van der Waals surface area (Å²) in [6.07, 6.45) is -1.63. The fraction of sp³-hybridized carbons (Fsp3) is 0.143. The van der Waals surface area contributed by atoms with Gasteiger partial charge in [0.1, 0.15) is 5.76 Å². The van der Waals surface area contributed by atoms with Gasteiger partial charge in [0.25, 0.3) is 5.78 Å². The molecule has 2 N–H and O–H groups in total. The van der Waals surface area contributed by atoms with E-state index in [2.05, 4.69) is 0 Å². The van der Waals surface area contributed by atoms with Gasteiger partial charge in [0.2, 0.25) is 0 Å². The molecular weight excluding hydrogens is 289 g/mol. The maximum atomic E-state index is 12.9. The van der Waals surface area contributed by atoms with Crippen LogP contribution in [-0.4, -0.2) is 22.0 Å².